The van der Waals surface area contributed by atoms with Crippen LogP contribution in [0.2, 0.25) is 0 Å². The van der Waals surface area contributed by atoms with E-state index in [9.17, 15) is 13.2 Å². The molecule has 7 heteroatoms. The fourth-order valence-corrected chi connectivity index (χ4v) is 2.51. The zero-order chi connectivity index (χ0) is 14.0. The van der Waals surface area contributed by atoms with E-state index in [-0.39, 0.29) is 11.3 Å². The number of ether oxygens (including phenoxy) is 1. The van der Waals surface area contributed by atoms with Crippen LogP contribution in [0.1, 0.15) is 46.5 Å². The maximum absolute atomic E-state index is 11.6. The number of rotatable bonds is 5. The van der Waals surface area contributed by atoms with Crippen molar-refractivity contribution in [2.45, 2.75) is 57.6 Å². The molecule has 106 valence electrons. The molecule has 0 unspecified atom stereocenters. The molecule has 0 aromatic heterocycles. The Kier molecular flexibility index (Phi) is 4.54. The zero-order valence-electron chi connectivity index (χ0n) is 11.0. The van der Waals surface area contributed by atoms with E-state index in [0.717, 1.165) is 12.8 Å². The number of nitrogens with one attached hydrogen (secondary N) is 1. The Morgan fingerprint density at radius 2 is 1.94 bits per heavy atom. The van der Waals surface area contributed by atoms with Crippen LogP contribution in [0.5, 0.6) is 0 Å². The maximum atomic E-state index is 11.6. The first-order chi connectivity index (χ1) is 8.02. The number of amides is 1. The molecule has 0 radical (unpaired) electrons. The Morgan fingerprint density at radius 1 is 1.39 bits per heavy atom. The molecule has 18 heavy (non-hydrogen) atoms. The summed E-state index contributed by atoms with van der Waals surface area (Å²) in [7, 11) is 1.69. The predicted molar refractivity (Wildman–Crippen MR) is 70.2 cm³/mol. The van der Waals surface area contributed by atoms with Crippen LogP contribution in [-0.4, -0.2) is 31.4 Å². The molecule has 0 aromatic carbocycles. The first kappa shape index (κ1) is 15.6. The van der Waals surface area contributed by atoms with Crippen molar-refractivity contribution in [3.05, 3.63) is 0 Å². The normalized spacial score (nSPS) is 18.2. The van der Waals surface area contributed by atoms with Gasteiger partial charge in [0.1, 0.15) is 5.60 Å². The van der Waals surface area contributed by atoms with E-state index in [4.69, 9.17) is 15.4 Å². The van der Waals surface area contributed by atoms with Gasteiger partial charge in [-0.3, -0.25) is 0 Å². The third kappa shape index (κ3) is 6.44. The van der Waals surface area contributed by atoms with Gasteiger partial charge >= 0.3 is 6.09 Å². The van der Waals surface area contributed by atoms with Gasteiger partial charge in [-0.05, 0) is 46.5 Å². The number of carbonyl (C=O) groups excluding carboxylic acids is 1. The van der Waals surface area contributed by atoms with Gasteiger partial charge in [0, 0.05) is 16.2 Å². The van der Waals surface area contributed by atoms with Crippen molar-refractivity contribution in [2.75, 3.05) is 5.75 Å². The SMILES string of the molecule is CC(C)(C)OC(=O)NC1(CCCS(=O)(=O)Cl)CC1. The average Bonchev–Trinajstić information content (AvgIpc) is 2.78. The molecule has 0 atom stereocenters. The van der Waals surface area contributed by atoms with Crippen LogP contribution in [-0.2, 0) is 13.8 Å². The molecule has 0 heterocycles. The molecule has 1 amide bonds. The fourth-order valence-electron chi connectivity index (χ4n) is 1.69. The summed E-state index contributed by atoms with van der Waals surface area (Å²) < 4.78 is 26.8. The number of carbonyl (C=O) groups is 1. The predicted octanol–water partition coefficient (Wildman–Crippen LogP) is 2.39. The van der Waals surface area contributed by atoms with Crippen molar-refractivity contribution < 1.29 is 17.9 Å². The van der Waals surface area contributed by atoms with Gasteiger partial charge in [0.05, 0.1) is 5.75 Å². The minimum Gasteiger partial charge on any atom is -0.444 e. The van der Waals surface area contributed by atoms with Crippen LogP contribution in [0.15, 0.2) is 0 Å². The highest BCUT2D eigenvalue weighted by atomic mass is 35.7. The molecule has 1 fully saturated rings. The summed E-state index contributed by atoms with van der Waals surface area (Å²) >= 11 is 0. The lowest BCUT2D eigenvalue weighted by molar-refractivity contribution is 0.0493. The van der Waals surface area contributed by atoms with E-state index in [1.807, 2.05) is 0 Å². The van der Waals surface area contributed by atoms with Crippen LogP contribution >= 0.6 is 10.7 Å². The summed E-state index contributed by atoms with van der Waals surface area (Å²) in [6.45, 7) is 5.39. The monoisotopic (exact) mass is 297 g/mol. The van der Waals surface area contributed by atoms with Gasteiger partial charge in [0.2, 0.25) is 9.05 Å². The van der Waals surface area contributed by atoms with E-state index in [2.05, 4.69) is 5.32 Å². The van der Waals surface area contributed by atoms with Crippen molar-refractivity contribution in [1.29, 1.82) is 0 Å². The van der Waals surface area contributed by atoms with Gasteiger partial charge in [-0.1, -0.05) is 0 Å². The smallest absolute Gasteiger partial charge is 0.408 e. The van der Waals surface area contributed by atoms with Gasteiger partial charge in [0.15, 0.2) is 0 Å². The van der Waals surface area contributed by atoms with Crippen molar-refractivity contribution in [3.8, 4) is 0 Å². The highest BCUT2D eigenvalue weighted by Crippen LogP contribution is 2.40. The number of hydrogen-bond acceptors (Lipinski definition) is 4. The third-order valence-corrected chi connectivity index (χ3v) is 3.90. The Morgan fingerprint density at radius 3 is 2.33 bits per heavy atom. The fraction of sp³-hybridized carbons (Fsp3) is 0.909. The summed E-state index contributed by atoms with van der Waals surface area (Å²) in [6.07, 6.45) is 2.32. The Labute approximate surface area is 113 Å². The standard InChI is InChI=1S/C11H20ClNO4S/c1-10(2,3)17-9(14)13-11(6-7-11)5-4-8-18(12,15)16/h4-8H2,1-3H3,(H,13,14). The zero-order valence-corrected chi connectivity index (χ0v) is 12.5. The number of hydrogen-bond donors (Lipinski definition) is 1. The van der Waals surface area contributed by atoms with Gasteiger partial charge in [-0.15, -0.1) is 0 Å². The summed E-state index contributed by atoms with van der Waals surface area (Å²) in [5.74, 6) is -0.0632. The Hall–Kier alpha value is -0.490. The molecular formula is C11H20ClNO4S. The molecule has 1 aliphatic carbocycles. The van der Waals surface area contributed by atoms with Crippen molar-refractivity contribution in [2.24, 2.45) is 0 Å². The van der Waals surface area contributed by atoms with E-state index in [1.54, 1.807) is 20.8 Å². The maximum Gasteiger partial charge on any atom is 0.408 e. The average molecular weight is 298 g/mol. The van der Waals surface area contributed by atoms with E-state index in [1.165, 1.54) is 0 Å². The minimum atomic E-state index is -3.45. The molecule has 0 bridgehead atoms. The van der Waals surface area contributed by atoms with Crippen molar-refractivity contribution >= 4 is 25.8 Å². The first-order valence-electron chi connectivity index (χ1n) is 5.95. The van der Waals surface area contributed by atoms with Gasteiger partial charge in [-0.25, -0.2) is 13.2 Å². The van der Waals surface area contributed by atoms with Crippen LogP contribution in [0.3, 0.4) is 0 Å². The van der Waals surface area contributed by atoms with Gasteiger partial charge in [0.25, 0.3) is 0 Å². The van der Waals surface area contributed by atoms with Gasteiger partial charge in [-0.2, -0.15) is 0 Å². The topological polar surface area (TPSA) is 72.5 Å². The van der Waals surface area contributed by atoms with Crippen LogP contribution in [0.4, 0.5) is 4.79 Å². The Bertz CT molecular complexity index is 409. The quantitative estimate of drug-likeness (QED) is 0.791. The lowest BCUT2D eigenvalue weighted by atomic mass is 10.1. The Balaban J connectivity index is 2.35. The summed E-state index contributed by atoms with van der Waals surface area (Å²) in [5, 5.41) is 2.81. The minimum absolute atomic E-state index is 0.0632. The molecule has 1 rings (SSSR count). The van der Waals surface area contributed by atoms with Crippen molar-refractivity contribution in [1.82, 2.24) is 5.32 Å². The molecule has 1 aliphatic rings. The molecule has 5 nitrogen and oxygen atoms in total. The number of alkyl carbamates (subject to hydrolysis) is 1. The second-order valence-electron chi connectivity index (χ2n) is 5.75. The van der Waals surface area contributed by atoms with E-state index in [0.29, 0.717) is 12.8 Å². The van der Waals surface area contributed by atoms with Crippen LogP contribution < -0.4 is 5.32 Å². The molecular weight excluding hydrogens is 278 g/mol. The highest BCUT2D eigenvalue weighted by molar-refractivity contribution is 8.13. The second-order valence-corrected chi connectivity index (χ2v) is 8.65. The molecule has 0 spiro atoms. The van der Waals surface area contributed by atoms with Gasteiger partial charge < -0.3 is 10.1 Å². The first-order valence-corrected chi connectivity index (χ1v) is 8.43. The molecule has 1 N–H and O–H groups in total. The van der Waals surface area contributed by atoms with Crippen molar-refractivity contribution in [3.63, 3.8) is 0 Å². The van der Waals surface area contributed by atoms with E-state index < -0.39 is 20.7 Å². The molecule has 0 saturated heterocycles. The van der Waals surface area contributed by atoms with Crippen LogP contribution in [0, 0.1) is 0 Å². The number of halogens is 1. The largest absolute Gasteiger partial charge is 0.444 e. The lowest BCUT2D eigenvalue weighted by Gasteiger charge is -2.23. The van der Waals surface area contributed by atoms with Crippen LogP contribution in [0.25, 0.3) is 0 Å². The summed E-state index contributed by atoms with van der Waals surface area (Å²) in [6, 6.07) is 0. The van der Waals surface area contributed by atoms with E-state index >= 15 is 0 Å². The molecule has 0 aliphatic heterocycles. The second kappa shape index (κ2) is 5.25. The molecule has 0 aromatic rings. The summed E-state index contributed by atoms with van der Waals surface area (Å²) in [4.78, 5) is 11.6. The highest BCUT2D eigenvalue weighted by Gasteiger charge is 2.44. The lowest BCUT2D eigenvalue weighted by Crippen LogP contribution is -2.40. The third-order valence-electron chi connectivity index (χ3n) is 2.66. The molecule has 1 saturated carbocycles. The summed E-state index contributed by atoms with van der Waals surface area (Å²) in [5.41, 5.74) is -0.816.